The molecule has 2 aromatic rings. The lowest BCUT2D eigenvalue weighted by Crippen LogP contribution is -2.32. The van der Waals surface area contributed by atoms with Crippen LogP contribution in [0.4, 0.5) is 10.1 Å². The van der Waals surface area contributed by atoms with Crippen molar-refractivity contribution in [3.05, 3.63) is 47.8 Å². The van der Waals surface area contributed by atoms with Crippen molar-refractivity contribution in [2.24, 2.45) is 0 Å². The summed E-state index contributed by atoms with van der Waals surface area (Å²) < 4.78 is 14.1. The average molecular weight is 276 g/mol. The van der Waals surface area contributed by atoms with E-state index in [1.165, 1.54) is 6.07 Å². The number of aromatic amines is 1. The highest BCUT2D eigenvalue weighted by atomic mass is 19.1. The van der Waals surface area contributed by atoms with E-state index in [1.54, 1.807) is 18.6 Å². The summed E-state index contributed by atoms with van der Waals surface area (Å²) in [6.07, 6.45) is 3.46. The normalized spacial score (nSPS) is 11.1. The third-order valence-corrected chi connectivity index (χ3v) is 3.28. The van der Waals surface area contributed by atoms with Gasteiger partial charge in [0.1, 0.15) is 5.82 Å². The molecule has 0 atom stereocenters. The molecule has 4 nitrogen and oxygen atoms in total. The van der Waals surface area contributed by atoms with Crippen molar-refractivity contribution in [1.82, 2.24) is 15.3 Å². The fourth-order valence-electron chi connectivity index (χ4n) is 2.27. The first-order valence-electron chi connectivity index (χ1n) is 6.79. The number of nitrogens with zero attached hydrogens (tertiary/aromatic N) is 2. The number of rotatable bonds is 6. The van der Waals surface area contributed by atoms with Gasteiger partial charge in [0, 0.05) is 30.0 Å². The van der Waals surface area contributed by atoms with E-state index in [-0.39, 0.29) is 11.9 Å². The van der Waals surface area contributed by atoms with E-state index in [4.69, 9.17) is 0 Å². The Bertz CT molecular complexity index is 537. The Morgan fingerprint density at radius 3 is 2.80 bits per heavy atom. The molecule has 108 valence electrons. The molecule has 0 bridgehead atoms. The van der Waals surface area contributed by atoms with Gasteiger partial charge < -0.3 is 15.2 Å². The van der Waals surface area contributed by atoms with E-state index in [0.29, 0.717) is 18.7 Å². The predicted molar refractivity (Wildman–Crippen MR) is 79.1 cm³/mol. The summed E-state index contributed by atoms with van der Waals surface area (Å²) in [6, 6.07) is 5.49. The van der Waals surface area contributed by atoms with Gasteiger partial charge in [-0.25, -0.2) is 9.37 Å². The molecule has 0 aliphatic carbocycles. The summed E-state index contributed by atoms with van der Waals surface area (Å²) in [5, 5.41) is 3.03. The SMILES string of the molecule is CNCc1c(F)cccc1N(Cc1cnc[nH]1)C(C)C. The molecule has 1 aromatic heterocycles. The van der Waals surface area contributed by atoms with Crippen LogP contribution in [0, 0.1) is 5.82 Å². The summed E-state index contributed by atoms with van der Waals surface area (Å²) >= 11 is 0. The lowest BCUT2D eigenvalue weighted by molar-refractivity contribution is 0.593. The third-order valence-electron chi connectivity index (χ3n) is 3.28. The van der Waals surface area contributed by atoms with Crippen molar-refractivity contribution < 1.29 is 4.39 Å². The van der Waals surface area contributed by atoms with Crippen LogP contribution in [0.25, 0.3) is 0 Å². The standard InChI is InChI=1S/C15H21FN4/c1-11(2)20(9-12-7-18-10-19-12)15-6-4-5-14(16)13(15)8-17-3/h4-7,10-11,17H,8-9H2,1-3H3,(H,18,19). The predicted octanol–water partition coefficient (Wildman–Crippen LogP) is 2.68. The van der Waals surface area contributed by atoms with Gasteiger partial charge in [0.2, 0.25) is 0 Å². The Labute approximate surface area is 119 Å². The van der Waals surface area contributed by atoms with E-state index in [2.05, 4.69) is 34.0 Å². The highest BCUT2D eigenvalue weighted by Gasteiger charge is 2.17. The van der Waals surface area contributed by atoms with Gasteiger partial charge in [-0.1, -0.05) is 6.07 Å². The van der Waals surface area contributed by atoms with Gasteiger partial charge in [-0.15, -0.1) is 0 Å². The van der Waals surface area contributed by atoms with Crippen LogP contribution in [-0.4, -0.2) is 23.1 Å². The Morgan fingerprint density at radius 2 is 2.20 bits per heavy atom. The molecule has 0 aliphatic heterocycles. The van der Waals surface area contributed by atoms with Crippen LogP contribution in [0.1, 0.15) is 25.1 Å². The van der Waals surface area contributed by atoms with Crippen LogP contribution in [0.3, 0.4) is 0 Å². The molecule has 0 radical (unpaired) electrons. The van der Waals surface area contributed by atoms with Crippen molar-refractivity contribution in [3.63, 3.8) is 0 Å². The molecular formula is C15H21FN4. The van der Waals surface area contributed by atoms with Crippen LogP contribution in [0.5, 0.6) is 0 Å². The second-order valence-corrected chi connectivity index (χ2v) is 5.07. The van der Waals surface area contributed by atoms with Crippen molar-refractivity contribution in [2.75, 3.05) is 11.9 Å². The molecule has 0 saturated heterocycles. The number of H-pyrrole nitrogens is 1. The minimum atomic E-state index is -0.174. The van der Waals surface area contributed by atoms with E-state index < -0.39 is 0 Å². The topological polar surface area (TPSA) is 44.0 Å². The second-order valence-electron chi connectivity index (χ2n) is 5.07. The Morgan fingerprint density at radius 1 is 1.40 bits per heavy atom. The van der Waals surface area contributed by atoms with Crippen LogP contribution in [-0.2, 0) is 13.1 Å². The minimum absolute atomic E-state index is 0.174. The molecule has 0 amide bonds. The lowest BCUT2D eigenvalue weighted by atomic mass is 10.1. The highest BCUT2D eigenvalue weighted by molar-refractivity contribution is 5.55. The molecule has 2 N–H and O–H groups in total. The van der Waals surface area contributed by atoms with E-state index in [9.17, 15) is 4.39 Å². The lowest BCUT2D eigenvalue weighted by Gasteiger charge is -2.30. The average Bonchev–Trinajstić information content (AvgIpc) is 2.91. The number of benzene rings is 1. The largest absolute Gasteiger partial charge is 0.363 e. The van der Waals surface area contributed by atoms with Gasteiger partial charge in [0.25, 0.3) is 0 Å². The van der Waals surface area contributed by atoms with Gasteiger partial charge in [0.15, 0.2) is 0 Å². The number of aromatic nitrogens is 2. The highest BCUT2D eigenvalue weighted by Crippen LogP contribution is 2.26. The third kappa shape index (κ3) is 3.17. The summed E-state index contributed by atoms with van der Waals surface area (Å²) in [7, 11) is 1.82. The smallest absolute Gasteiger partial charge is 0.129 e. The first-order valence-corrected chi connectivity index (χ1v) is 6.79. The minimum Gasteiger partial charge on any atom is -0.363 e. The monoisotopic (exact) mass is 276 g/mol. The maximum absolute atomic E-state index is 14.1. The molecule has 1 aromatic carbocycles. The van der Waals surface area contributed by atoms with Gasteiger partial charge in [-0.05, 0) is 33.0 Å². The van der Waals surface area contributed by atoms with E-state index in [1.807, 2.05) is 13.1 Å². The number of hydrogen-bond donors (Lipinski definition) is 2. The first kappa shape index (κ1) is 14.5. The molecule has 0 spiro atoms. The zero-order valence-corrected chi connectivity index (χ0v) is 12.2. The summed E-state index contributed by atoms with van der Waals surface area (Å²) in [4.78, 5) is 9.30. The fourth-order valence-corrected chi connectivity index (χ4v) is 2.27. The molecule has 5 heteroatoms. The van der Waals surface area contributed by atoms with Crippen LogP contribution < -0.4 is 10.2 Å². The maximum Gasteiger partial charge on any atom is 0.129 e. The molecular weight excluding hydrogens is 255 g/mol. The maximum atomic E-state index is 14.1. The van der Waals surface area contributed by atoms with Crippen molar-refractivity contribution in [2.45, 2.75) is 33.0 Å². The van der Waals surface area contributed by atoms with Crippen LogP contribution in [0.2, 0.25) is 0 Å². The van der Waals surface area contributed by atoms with Crippen molar-refractivity contribution in [1.29, 1.82) is 0 Å². The molecule has 0 saturated carbocycles. The van der Waals surface area contributed by atoms with E-state index in [0.717, 1.165) is 11.4 Å². The first-order chi connectivity index (χ1) is 9.63. The van der Waals surface area contributed by atoms with Crippen LogP contribution >= 0.6 is 0 Å². The molecule has 1 heterocycles. The summed E-state index contributed by atoms with van der Waals surface area (Å²) in [5.41, 5.74) is 2.63. The van der Waals surface area contributed by atoms with Crippen molar-refractivity contribution >= 4 is 5.69 Å². The molecule has 2 rings (SSSR count). The summed E-state index contributed by atoms with van der Waals surface area (Å²) in [5.74, 6) is -0.174. The number of nitrogens with one attached hydrogen (secondary N) is 2. The Kier molecular flexibility index (Phi) is 4.74. The molecule has 0 aliphatic rings. The number of anilines is 1. The molecule has 0 fully saturated rings. The zero-order chi connectivity index (χ0) is 14.5. The van der Waals surface area contributed by atoms with Gasteiger partial charge in [-0.2, -0.15) is 0 Å². The summed E-state index contributed by atoms with van der Waals surface area (Å²) in [6.45, 7) is 5.39. The van der Waals surface area contributed by atoms with Gasteiger partial charge in [-0.3, -0.25) is 0 Å². The molecule has 20 heavy (non-hydrogen) atoms. The second kappa shape index (κ2) is 6.52. The fraction of sp³-hybridized carbons (Fsp3) is 0.400. The van der Waals surface area contributed by atoms with Gasteiger partial charge >= 0.3 is 0 Å². The quantitative estimate of drug-likeness (QED) is 0.852. The van der Waals surface area contributed by atoms with Crippen LogP contribution in [0.15, 0.2) is 30.7 Å². The van der Waals surface area contributed by atoms with E-state index >= 15 is 0 Å². The van der Waals surface area contributed by atoms with Gasteiger partial charge in [0.05, 0.1) is 18.6 Å². The number of imidazole rings is 1. The molecule has 0 unspecified atom stereocenters. The Balaban J connectivity index is 2.36. The van der Waals surface area contributed by atoms with Crippen molar-refractivity contribution in [3.8, 4) is 0 Å². The Hall–Kier alpha value is -1.88. The number of hydrogen-bond acceptors (Lipinski definition) is 3. The number of halogens is 1. The zero-order valence-electron chi connectivity index (χ0n) is 12.2.